The third kappa shape index (κ3) is 5.88. The summed E-state index contributed by atoms with van der Waals surface area (Å²) < 4.78 is 16.3. The van der Waals surface area contributed by atoms with E-state index >= 15 is 0 Å². The average Bonchev–Trinajstić information content (AvgIpc) is 3.06. The second-order valence-corrected chi connectivity index (χ2v) is 11.3. The molecule has 3 aliphatic carbocycles. The molecule has 3 aliphatic rings. The Labute approximate surface area is 235 Å². The van der Waals surface area contributed by atoms with E-state index in [1.54, 1.807) is 24.3 Å². The zero-order valence-corrected chi connectivity index (χ0v) is 23.4. The Hall–Kier alpha value is -3.74. The topological polar surface area (TPSA) is 102 Å². The van der Waals surface area contributed by atoms with E-state index in [4.69, 9.17) is 14.2 Å². The molecule has 0 aromatic heterocycles. The molecule has 0 unspecified atom stereocenters. The van der Waals surface area contributed by atoms with Gasteiger partial charge in [0, 0.05) is 19.8 Å². The molecule has 7 heteroatoms. The fourth-order valence-electron chi connectivity index (χ4n) is 6.90. The van der Waals surface area contributed by atoms with Gasteiger partial charge in [0.15, 0.2) is 23.0 Å². The van der Waals surface area contributed by atoms with Crippen LogP contribution in [0.2, 0.25) is 0 Å². The fraction of sp³-hybridized carbons (Fsp3) is 0.455. The smallest absolute Gasteiger partial charge is 0.302 e. The highest BCUT2D eigenvalue weighted by atomic mass is 16.5. The minimum atomic E-state index is -0.550. The summed E-state index contributed by atoms with van der Waals surface area (Å²) in [4.78, 5) is 25.6. The largest absolute Gasteiger partial charge is 0.504 e. The monoisotopic (exact) mass is 546 g/mol. The molecule has 0 amide bonds. The highest BCUT2D eigenvalue weighted by molar-refractivity contribution is 5.81. The van der Waals surface area contributed by atoms with Crippen LogP contribution in [0.4, 0.5) is 0 Å². The van der Waals surface area contributed by atoms with Crippen molar-refractivity contribution in [3.63, 3.8) is 0 Å². The van der Waals surface area contributed by atoms with Gasteiger partial charge in [0.25, 0.3) is 0 Å². The van der Waals surface area contributed by atoms with Crippen LogP contribution in [0, 0.1) is 17.8 Å². The lowest BCUT2D eigenvalue weighted by atomic mass is 9.63. The Kier molecular flexibility index (Phi) is 8.19. The average molecular weight is 547 g/mol. The lowest BCUT2D eigenvalue weighted by molar-refractivity contribution is -0.147. The van der Waals surface area contributed by atoms with Crippen LogP contribution >= 0.6 is 0 Å². The van der Waals surface area contributed by atoms with E-state index in [1.807, 2.05) is 6.07 Å². The Morgan fingerprint density at radius 1 is 1.02 bits per heavy atom. The summed E-state index contributed by atoms with van der Waals surface area (Å²) in [6.45, 7) is 1.36. The number of phenolic OH excluding ortho intramolecular Hbond substituents is 2. The number of hydrogen-bond acceptors (Lipinski definition) is 7. The minimum Gasteiger partial charge on any atom is -0.504 e. The van der Waals surface area contributed by atoms with Crippen molar-refractivity contribution in [1.29, 1.82) is 0 Å². The number of fused-ring (bicyclic) bond motifs is 2. The van der Waals surface area contributed by atoms with Gasteiger partial charge in [-0.3, -0.25) is 9.59 Å². The number of carbonyl (C=O) groups excluding carboxylic acids is 2. The van der Waals surface area contributed by atoms with Gasteiger partial charge < -0.3 is 24.4 Å². The number of rotatable bonds is 10. The second kappa shape index (κ2) is 11.8. The van der Waals surface area contributed by atoms with E-state index in [0.29, 0.717) is 48.5 Å². The number of ketones is 1. The molecule has 40 heavy (non-hydrogen) atoms. The van der Waals surface area contributed by atoms with Crippen LogP contribution in [-0.2, 0) is 20.7 Å². The molecule has 0 aliphatic heterocycles. The summed E-state index contributed by atoms with van der Waals surface area (Å²) in [6.07, 6.45) is 10.9. The van der Waals surface area contributed by atoms with Crippen molar-refractivity contribution in [2.45, 2.75) is 63.9 Å². The summed E-state index contributed by atoms with van der Waals surface area (Å²) in [7, 11) is 3.04. The van der Waals surface area contributed by atoms with Gasteiger partial charge in [-0.25, -0.2) is 0 Å². The van der Waals surface area contributed by atoms with Crippen LogP contribution < -0.4 is 9.47 Å². The lowest BCUT2D eigenvalue weighted by Gasteiger charge is -2.41. The molecule has 0 saturated heterocycles. The Morgan fingerprint density at radius 2 is 1.80 bits per heavy atom. The van der Waals surface area contributed by atoms with Crippen LogP contribution in [0.25, 0.3) is 6.08 Å². The zero-order valence-electron chi connectivity index (χ0n) is 23.4. The molecule has 2 aromatic rings. The molecule has 1 saturated carbocycles. The van der Waals surface area contributed by atoms with Crippen molar-refractivity contribution in [2.75, 3.05) is 14.2 Å². The second-order valence-electron chi connectivity index (χ2n) is 11.3. The van der Waals surface area contributed by atoms with Crippen LogP contribution in [-0.4, -0.2) is 42.3 Å². The number of aryl methyl sites for hydroxylation is 1. The molecule has 5 rings (SSSR count). The number of esters is 1. The van der Waals surface area contributed by atoms with Crippen LogP contribution in [0.15, 0.2) is 48.1 Å². The number of hydrogen-bond donors (Lipinski definition) is 2. The third-order valence-corrected chi connectivity index (χ3v) is 8.79. The van der Waals surface area contributed by atoms with Crippen LogP contribution in [0.5, 0.6) is 23.0 Å². The van der Waals surface area contributed by atoms with E-state index in [1.165, 1.54) is 26.7 Å². The first-order valence-corrected chi connectivity index (χ1v) is 14.1. The highest BCUT2D eigenvalue weighted by Crippen LogP contribution is 2.53. The van der Waals surface area contributed by atoms with Gasteiger partial charge in [0.05, 0.1) is 14.2 Å². The van der Waals surface area contributed by atoms with Gasteiger partial charge in [-0.2, -0.15) is 0 Å². The van der Waals surface area contributed by atoms with Gasteiger partial charge in [0.2, 0.25) is 0 Å². The van der Waals surface area contributed by atoms with Crippen molar-refractivity contribution in [3.8, 4) is 23.0 Å². The number of allylic oxidation sites excluding steroid dienone is 3. The van der Waals surface area contributed by atoms with Crippen LogP contribution in [0.1, 0.15) is 68.1 Å². The molecule has 212 valence electrons. The summed E-state index contributed by atoms with van der Waals surface area (Å²) in [5, 5.41) is 20.4. The minimum absolute atomic E-state index is 0.0254. The van der Waals surface area contributed by atoms with E-state index in [-0.39, 0.29) is 29.6 Å². The fourth-order valence-corrected chi connectivity index (χ4v) is 6.90. The van der Waals surface area contributed by atoms with Crippen molar-refractivity contribution in [2.24, 2.45) is 17.8 Å². The summed E-state index contributed by atoms with van der Waals surface area (Å²) >= 11 is 0. The predicted molar refractivity (Wildman–Crippen MR) is 152 cm³/mol. The standard InChI is InChI=1S/C33H38O7/c1-19(34)40-25(9-5-21-7-11-30(36)32(13-21)38-2)16-24(35)17-29-26-10-6-20-4-8-22(27(26)12-20)14-23-15-31(37)33(39-3)18-28(23)29/h4,7-8,11,13-15,18,20,25-27,29,36-37H,5-6,9-10,12,16-17H2,1-3H3/t20-,25-,26-,27-,29+/m1/s1. The quantitative estimate of drug-likeness (QED) is 0.347. The molecular weight excluding hydrogens is 508 g/mol. The first kappa shape index (κ1) is 27.8. The van der Waals surface area contributed by atoms with Crippen molar-refractivity contribution in [3.05, 3.63) is 64.7 Å². The number of phenols is 2. The zero-order chi connectivity index (χ0) is 28.4. The number of carbonyl (C=O) groups is 2. The third-order valence-electron chi connectivity index (χ3n) is 8.79. The highest BCUT2D eigenvalue weighted by Gasteiger charge is 2.42. The molecule has 7 nitrogen and oxygen atoms in total. The molecule has 2 aromatic carbocycles. The molecule has 0 radical (unpaired) electrons. The van der Waals surface area contributed by atoms with E-state index < -0.39 is 12.1 Å². The number of aromatic hydroxyl groups is 2. The van der Waals surface area contributed by atoms with Gasteiger partial charge in [-0.1, -0.05) is 24.3 Å². The van der Waals surface area contributed by atoms with E-state index in [9.17, 15) is 19.8 Å². The Balaban J connectivity index is 1.37. The van der Waals surface area contributed by atoms with Gasteiger partial charge in [0.1, 0.15) is 11.9 Å². The Bertz CT molecular complexity index is 1340. The predicted octanol–water partition coefficient (Wildman–Crippen LogP) is 6.11. The maximum Gasteiger partial charge on any atom is 0.302 e. The summed E-state index contributed by atoms with van der Waals surface area (Å²) in [6, 6.07) is 8.79. The van der Waals surface area contributed by atoms with Gasteiger partial charge >= 0.3 is 5.97 Å². The molecule has 2 bridgehead atoms. The molecule has 0 heterocycles. The van der Waals surface area contributed by atoms with E-state index in [0.717, 1.165) is 36.0 Å². The Morgan fingerprint density at radius 3 is 2.55 bits per heavy atom. The van der Waals surface area contributed by atoms with Crippen LogP contribution in [0.3, 0.4) is 0 Å². The number of Topliss-reactive ketones (excluding diaryl/α,β-unsaturated/α-hetero) is 1. The molecule has 0 spiro atoms. The van der Waals surface area contributed by atoms with E-state index in [2.05, 4.69) is 18.2 Å². The maximum atomic E-state index is 13.7. The summed E-state index contributed by atoms with van der Waals surface area (Å²) in [5.41, 5.74) is 4.15. The van der Waals surface area contributed by atoms with Gasteiger partial charge in [-0.05, 0) is 102 Å². The lowest BCUT2D eigenvalue weighted by Crippen LogP contribution is -2.32. The number of benzene rings is 2. The first-order chi connectivity index (χ1) is 19.2. The summed E-state index contributed by atoms with van der Waals surface area (Å²) in [5.74, 6) is 1.81. The normalized spacial score (nSPS) is 23.3. The van der Waals surface area contributed by atoms with Gasteiger partial charge in [-0.15, -0.1) is 0 Å². The molecule has 5 atom stereocenters. The number of methoxy groups -OCH3 is 2. The van der Waals surface area contributed by atoms with Crippen molar-refractivity contribution in [1.82, 2.24) is 0 Å². The first-order valence-electron chi connectivity index (χ1n) is 14.1. The van der Waals surface area contributed by atoms with Crippen molar-refractivity contribution < 1.29 is 34.0 Å². The number of ether oxygens (including phenoxy) is 3. The maximum absolute atomic E-state index is 13.7. The molecular formula is C33H38O7. The molecule has 1 fully saturated rings. The van der Waals surface area contributed by atoms with Crippen molar-refractivity contribution >= 4 is 17.8 Å². The SMILES string of the molecule is COc1cc(CC[C@H](CC(=O)C[C@@H]2c3cc(OC)c(O)cc3C=C3C=C[C@@H]4CC[C@@H]2[C@@H]3C4)OC(C)=O)ccc1O. The molecule has 2 N–H and O–H groups in total.